The standard InChI is InChI=1S/C11H20IN3O3/c1-14(2)6-5-13-11(16)9-7-8(15(17)18)3-4-10(9)12/h8-10H,3-7H2,1-2H3,(H,13,16). The van der Waals surface area contributed by atoms with Crippen LogP contribution in [0, 0.1) is 16.0 Å². The van der Waals surface area contributed by atoms with Crippen LogP contribution in [0.1, 0.15) is 19.3 Å². The summed E-state index contributed by atoms with van der Waals surface area (Å²) in [5.41, 5.74) is 0. The van der Waals surface area contributed by atoms with Crippen molar-refractivity contribution in [2.24, 2.45) is 5.92 Å². The molecule has 3 unspecified atom stereocenters. The lowest BCUT2D eigenvalue weighted by Crippen LogP contribution is -2.43. The molecule has 18 heavy (non-hydrogen) atoms. The lowest BCUT2D eigenvalue weighted by atomic mass is 9.85. The predicted molar refractivity (Wildman–Crippen MR) is 77.5 cm³/mol. The number of carbonyl (C=O) groups is 1. The minimum atomic E-state index is -0.555. The van der Waals surface area contributed by atoms with Gasteiger partial charge < -0.3 is 10.2 Å². The van der Waals surface area contributed by atoms with Crippen LogP contribution in [0.3, 0.4) is 0 Å². The van der Waals surface area contributed by atoms with E-state index in [1.54, 1.807) is 0 Å². The van der Waals surface area contributed by atoms with Gasteiger partial charge in [0.15, 0.2) is 0 Å². The second-order valence-electron chi connectivity index (χ2n) is 4.97. The van der Waals surface area contributed by atoms with Crippen molar-refractivity contribution in [1.29, 1.82) is 0 Å². The Kier molecular flexibility index (Phi) is 6.27. The number of rotatable bonds is 5. The van der Waals surface area contributed by atoms with Crippen LogP contribution in [-0.2, 0) is 4.79 Å². The van der Waals surface area contributed by atoms with Gasteiger partial charge in [-0.2, -0.15) is 0 Å². The first-order valence-corrected chi connectivity index (χ1v) is 7.36. The highest BCUT2D eigenvalue weighted by Gasteiger charge is 2.38. The first-order chi connectivity index (χ1) is 8.41. The number of hydrogen-bond acceptors (Lipinski definition) is 4. The third kappa shape index (κ3) is 4.68. The summed E-state index contributed by atoms with van der Waals surface area (Å²) < 4.78 is 0.207. The van der Waals surface area contributed by atoms with Gasteiger partial charge in [-0.1, -0.05) is 22.6 Å². The molecule has 0 aromatic carbocycles. The summed E-state index contributed by atoms with van der Waals surface area (Å²) in [5.74, 6) is -0.264. The molecule has 3 atom stereocenters. The van der Waals surface area contributed by atoms with Gasteiger partial charge in [0, 0.05) is 34.8 Å². The second-order valence-corrected chi connectivity index (χ2v) is 6.57. The average Bonchev–Trinajstić information content (AvgIpc) is 2.28. The molecule has 0 aliphatic heterocycles. The zero-order valence-electron chi connectivity index (χ0n) is 10.8. The summed E-state index contributed by atoms with van der Waals surface area (Å²) in [6.07, 6.45) is 1.70. The molecule has 0 heterocycles. The van der Waals surface area contributed by atoms with E-state index < -0.39 is 6.04 Å². The Morgan fingerprint density at radius 2 is 2.17 bits per heavy atom. The van der Waals surface area contributed by atoms with E-state index in [0.717, 1.165) is 13.0 Å². The number of amides is 1. The summed E-state index contributed by atoms with van der Waals surface area (Å²) in [7, 11) is 3.88. The second kappa shape index (κ2) is 7.22. The van der Waals surface area contributed by atoms with Gasteiger partial charge in [0.25, 0.3) is 0 Å². The number of alkyl halides is 1. The molecule has 0 radical (unpaired) electrons. The van der Waals surface area contributed by atoms with Crippen LogP contribution in [0.5, 0.6) is 0 Å². The fraction of sp³-hybridized carbons (Fsp3) is 0.909. The quantitative estimate of drug-likeness (QED) is 0.338. The molecule has 0 bridgehead atoms. The summed E-state index contributed by atoms with van der Waals surface area (Å²) in [5, 5.41) is 13.7. The van der Waals surface area contributed by atoms with Crippen molar-refractivity contribution in [3.05, 3.63) is 10.1 Å². The molecular formula is C11H20IN3O3. The predicted octanol–water partition coefficient (Wildman–Crippen LogP) is 0.913. The van der Waals surface area contributed by atoms with E-state index in [0.29, 0.717) is 19.4 Å². The van der Waals surface area contributed by atoms with Gasteiger partial charge in [-0.25, -0.2) is 0 Å². The Hall–Kier alpha value is -0.440. The molecule has 1 aliphatic carbocycles. The van der Waals surface area contributed by atoms with Gasteiger partial charge in [-0.3, -0.25) is 14.9 Å². The highest BCUT2D eigenvalue weighted by Crippen LogP contribution is 2.31. The molecule has 0 saturated heterocycles. The topological polar surface area (TPSA) is 75.5 Å². The third-order valence-corrected chi connectivity index (χ3v) is 4.72. The van der Waals surface area contributed by atoms with E-state index in [4.69, 9.17) is 0 Å². The summed E-state index contributed by atoms with van der Waals surface area (Å²) in [6, 6.07) is -0.555. The molecule has 1 rings (SSSR count). The largest absolute Gasteiger partial charge is 0.355 e. The normalized spacial score (nSPS) is 28.1. The Morgan fingerprint density at radius 3 is 2.72 bits per heavy atom. The number of halogens is 1. The SMILES string of the molecule is CN(C)CCNC(=O)C1CC([N+](=O)[O-])CCC1I. The van der Waals surface area contributed by atoms with Crippen molar-refractivity contribution in [3.8, 4) is 0 Å². The number of likely N-dealkylation sites (N-methyl/N-ethyl adjacent to an activating group) is 1. The Labute approximate surface area is 121 Å². The van der Waals surface area contributed by atoms with Crippen molar-refractivity contribution in [3.63, 3.8) is 0 Å². The Balaban J connectivity index is 2.46. The van der Waals surface area contributed by atoms with E-state index in [1.807, 2.05) is 19.0 Å². The fourth-order valence-corrected chi connectivity index (χ4v) is 3.09. The fourth-order valence-electron chi connectivity index (χ4n) is 2.11. The molecule has 7 heteroatoms. The minimum Gasteiger partial charge on any atom is -0.355 e. The monoisotopic (exact) mass is 369 g/mol. The maximum Gasteiger partial charge on any atom is 0.224 e. The van der Waals surface area contributed by atoms with Crippen molar-refractivity contribution in [2.75, 3.05) is 27.2 Å². The lowest BCUT2D eigenvalue weighted by molar-refractivity contribution is -0.527. The van der Waals surface area contributed by atoms with Crippen LogP contribution in [-0.4, -0.2) is 52.9 Å². The molecule has 1 N–H and O–H groups in total. The smallest absolute Gasteiger partial charge is 0.224 e. The van der Waals surface area contributed by atoms with Crippen molar-refractivity contribution in [1.82, 2.24) is 10.2 Å². The molecule has 0 spiro atoms. The summed E-state index contributed by atoms with van der Waals surface area (Å²) >= 11 is 2.24. The van der Waals surface area contributed by atoms with Gasteiger partial charge in [0.1, 0.15) is 0 Å². The van der Waals surface area contributed by atoms with Crippen LogP contribution in [0.2, 0.25) is 0 Å². The van der Waals surface area contributed by atoms with Crippen LogP contribution in [0.4, 0.5) is 0 Å². The van der Waals surface area contributed by atoms with E-state index in [1.165, 1.54) is 0 Å². The number of carbonyl (C=O) groups excluding carboxylic acids is 1. The van der Waals surface area contributed by atoms with Crippen LogP contribution in [0.25, 0.3) is 0 Å². The molecule has 6 nitrogen and oxygen atoms in total. The van der Waals surface area contributed by atoms with Gasteiger partial charge in [-0.15, -0.1) is 0 Å². The molecule has 104 valence electrons. The number of nitro groups is 1. The van der Waals surface area contributed by atoms with Crippen molar-refractivity contribution < 1.29 is 9.72 Å². The average molecular weight is 369 g/mol. The van der Waals surface area contributed by atoms with Gasteiger partial charge >= 0.3 is 0 Å². The first kappa shape index (κ1) is 15.6. The molecule has 0 aromatic heterocycles. The molecule has 1 saturated carbocycles. The molecule has 1 aliphatic rings. The molecule has 0 aromatic rings. The van der Waals surface area contributed by atoms with Gasteiger partial charge in [0.05, 0.1) is 5.92 Å². The van der Waals surface area contributed by atoms with Crippen LogP contribution < -0.4 is 5.32 Å². The molecule has 1 amide bonds. The van der Waals surface area contributed by atoms with E-state index in [-0.39, 0.29) is 20.7 Å². The van der Waals surface area contributed by atoms with Crippen molar-refractivity contribution in [2.45, 2.75) is 29.2 Å². The summed E-state index contributed by atoms with van der Waals surface area (Å²) in [6.45, 7) is 1.37. The number of hydrogen-bond donors (Lipinski definition) is 1. The van der Waals surface area contributed by atoms with Gasteiger partial charge in [0.2, 0.25) is 11.9 Å². The summed E-state index contributed by atoms with van der Waals surface area (Å²) in [4.78, 5) is 24.5. The van der Waals surface area contributed by atoms with Crippen molar-refractivity contribution >= 4 is 28.5 Å². The zero-order valence-corrected chi connectivity index (χ0v) is 12.9. The molecule has 1 fully saturated rings. The number of nitrogens with one attached hydrogen (secondary N) is 1. The van der Waals surface area contributed by atoms with E-state index in [9.17, 15) is 14.9 Å². The van der Waals surface area contributed by atoms with E-state index >= 15 is 0 Å². The van der Waals surface area contributed by atoms with Crippen LogP contribution in [0.15, 0.2) is 0 Å². The first-order valence-electron chi connectivity index (χ1n) is 6.11. The minimum absolute atomic E-state index is 0.0391. The van der Waals surface area contributed by atoms with Crippen LogP contribution >= 0.6 is 22.6 Å². The Bertz CT molecular complexity index is 312. The third-order valence-electron chi connectivity index (χ3n) is 3.23. The Morgan fingerprint density at radius 1 is 1.50 bits per heavy atom. The van der Waals surface area contributed by atoms with E-state index in [2.05, 4.69) is 27.9 Å². The van der Waals surface area contributed by atoms with Gasteiger partial charge in [-0.05, 0) is 20.5 Å². The molecular weight excluding hydrogens is 349 g/mol. The maximum atomic E-state index is 12.0. The maximum absolute atomic E-state index is 12.0. The zero-order chi connectivity index (χ0) is 13.7. The lowest BCUT2D eigenvalue weighted by Gasteiger charge is -2.28. The highest BCUT2D eigenvalue weighted by atomic mass is 127. The highest BCUT2D eigenvalue weighted by molar-refractivity contribution is 14.1. The number of nitrogens with zero attached hydrogens (tertiary/aromatic N) is 2.